The molecular formula is C23H15F2NO3S. The van der Waals surface area contributed by atoms with Crippen molar-refractivity contribution < 1.29 is 23.1 Å². The van der Waals surface area contributed by atoms with Crippen molar-refractivity contribution in [2.45, 2.75) is 4.90 Å². The van der Waals surface area contributed by atoms with Gasteiger partial charge in [-0.1, -0.05) is 48.2 Å². The van der Waals surface area contributed by atoms with E-state index in [4.69, 9.17) is 4.74 Å². The van der Waals surface area contributed by atoms with Crippen molar-refractivity contribution >= 4 is 34.8 Å². The van der Waals surface area contributed by atoms with Gasteiger partial charge in [0.05, 0.1) is 23.3 Å². The molecule has 4 rings (SSSR count). The molecule has 3 aromatic carbocycles. The number of thioether (sulfide) groups is 1. The Morgan fingerprint density at radius 1 is 0.867 bits per heavy atom. The van der Waals surface area contributed by atoms with Crippen LogP contribution in [0.5, 0.6) is 5.75 Å². The van der Waals surface area contributed by atoms with E-state index in [-0.39, 0.29) is 10.5 Å². The maximum absolute atomic E-state index is 14.4. The van der Waals surface area contributed by atoms with Crippen molar-refractivity contribution in [3.63, 3.8) is 0 Å². The van der Waals surface area contributed by atoms with Crippen LogP contribution in [0.25, 0.3) is 5.57 Å². The predicted molar refractivity (Wildman–Crippen MR) is 111 cm³/mol. The molecule has 0 unspecified atom stereocenters. The van der Waals surface area contributed by atoms with Gasteiger partial charge in [0.15, 0.2) is 0 Å². The molecule has 3 aromatic rings. The molecule has 7 heteroatoms. The Balaban J connectivity index is 1.89. The molecule has 30 heavy (non-hydrogen) atoms. The smallest absolute Gasteiger partial charge is 0.273 e. The van der Waals surface area contributed by atoms with Gasteiger partial charge in [0.1, 0.15) is 17.4 Å². The van der Waals surface area contributed by atoms with Crippen LogP contribution in [0.2, 0.25) is 0 Å². The SMILES string of the molecule is COc1ccccc1C1=C(Sc2ccccc2)C(=O)N(c2cc(F)ccc2F)C1=O. The third-order valence-corrected chi connectivity index (χ3v) is 5.62. The van der Waals surface area contributed by atoms with Crippen LogP contribution in [0.3, 0.4) is 0 Å². The van der Waals surface area contributed by atoms with E-state index in [0.29, 0.717) is 16.2 Å². The molecule has 0 aromatic heterocycles. The lowest BCUT2D eigenvalue weighted by Gasteiger charge is -2.16. The molecule has 0 spiro atoms. The highest BCUT2D eigenvalue weighted by molar-refractivity contribution is 8.04. The summed E-state index contributed by atoms with van der Waals surface area (Å²) in [5.41, 5.74) is 0.0483. The number of rotatable bonds is 5. The number of methoxy groups -OCH3 is 1. The number of carbonyl (C=O) groups excluding carboxylic acids is 2. The van der Waals surface area contributed by atoms with Gasteiger partial charge in [0, 0.05) is 16.5 Å². The number of halogens is 2. The van der Waals surface area contributed by atoms with E-state index in [2.05, 4.69) is 0 Å². The predicted octanol–water partition coefficient (Wildman–Crippen LogP) is 5.05. The molecule has 0 saturated carbocycles. The fraction of sp³-hybridized carbons (Fsp3) is 0.0435. The number of hydrogen-bond acceptors (Lipinski definition) is 4. The van der Waals surface area contributed by atoms with E-state index in [9.17, 15) is 18.4 Å². The maximum Gasteiger partial charge on any atom is 0.273 e. The Kier molecular flexibility index (Phi) is 5.37. The van der Waals surface area contributed by atoms with Gasteiger partial charge >= 0.3 is 0 Å². The fourth-order valence-corrected chi connectivity index (χ4v) is 4.18. The number of anilines is 1. The van der Waals surface area contributed by atoms with Crippen LogP contribution in [-0.2, 0) is 9.59 Å². The van der Waals surface area contributed by atoms with Crippen molar-refractivity contribution in [2.75, 3.05) is 12.0 Å². The number of benzene rings is 3. The first-order chi connectivity index (χ1) is 14.5. The Morgan fingerprint density at radius 3 is 2.30 bits per heavy atom. The Morgan fingerprint density at radius 2 is 1.57 bits per heavy atom. The van der Waals surface area contributed by atoms with Crippen molar-refractivity contribution in [3.8, 4) is 5.75 Å². The van der Waals surface area contributed by atoms with Gasteiger partial charge in [0.2, 0.25) is 0 Å². The van der Waals surface area contributed by atoms with Gasteiger partial charge in [-0.25, -0.2) is 13.7 Å². The third-order valence-electron chi connectivity index (χ3n) is 4.53. The molecule has 0 fully saturated rings. The van der Waals surface area contributed by atoms with E-state index in [1.165, 1.54) is 7.11 Å². The summed E-state index contributed by atoms with van der Waals surface area (Å²) in [6.45, 7) is 0. The lowest BCUT2D eigenvalue weighted by Crippen LogP contribution is -2.32. The standard InChI is InChI=1S/C23H15F2NO3S/c1-29-19-10-6-5-9-16(19)20-21(30-15-7-3-2-4-8-15)23(28)26(22(20)27)18-13-14(24)11-12-17(18)25/h2-13H,1H3. The average Bonchev–Trinajstić information content (AvgIpc) is 3.00. The average molecular weight is 423 g/mol. The molecule has 1 heterocycles. The van der Waals surface area contributed by atoms with Crippen molar-refractivity contribution in [2.24, 2.45) is 0 Å². The van der Waals surface area contributed by atoms with Crippen LogP contribution in [0.1, 0.15) is 5.56 Å². The number of imide groups is 1. The lowest BCUT2D eigenvalue weighted by molar-refractivity contribution is -0.119. The Hall–Kier alpha value is -3.45. The number of hydrogen-bond donors (Lipinski definition) is 0. The normalized spacial score (nSPS) is 13.9. The first kappa shape index (κ1) is 19.8. The summed E-state index contributed by atoms with van der Waals surface area (Å²) in [5.74, 6) is -2.70. The molecule has 0 saturated heterocycles. The molecule has 2 amide bonds. The van der Waals surface area contributed by atoms with Crippen molar-refractivity contribution in [1.29, 1.82) is 0 Å². The van der Waals surface area contributed by atoms with Crippen LogP contribution in [0.15, 0.2) is 82.6 Å². The molecule has 4 nitrogen and oxygen atoms in total. The zero-order valence-corrected chi connectivity index (χ0v) is 16.6. The van der Waals surface area contributed by atoms with Crippen LogP contribution in [0, 0.1) is 11.6 Å². The van der Waals surface area contributed by atoms with E-state index in [1.807, 2.05) is 6.07 Å². The van der Waals surface area contributed by atoms with Crippen LogP contribution in [0.4, 0.5) is 14.5 Å². The van der Waals surface area contributed by atoms with E-state index in [1.54, 1.807) is 48.5 Å². The first-order valence-electron chi connectivity index (χ1n) is 8.95. The van der Waals surface area contributed by atoms with E-state index in [0.717, 1.165) is 34.9 Å². The third kappa shape index (κ3) is 3.48. The second-order valence-corrected chi connectivity index (χ2v) is 7.44. The highest BCUT2D eigenvalue weighted by atomic mass is 32.2. The minimum Gasteiger partial charge on any atom is -0.496 e. The highest BCUT2D eigenvalue weighted by Gasteiger charge is 2.42. The number of nitrogens with zero attached hydrogens (tertiary/aromatic N) is 1. The summed E-state index contributed by atoms with van der Waals surface area (Å²) in [6, 6.07) is 18.4. The molecule has 150 valence electrons. The summed E-state index contributed by atoms with van der Waals surface area (Å²) >= 11 is 1.09. The largest absolute Gasteiger partial charge is 0.496 e. The lowest BCUT2D eigenvalue weighted by atomic mass is 10.0. The number of para-hydroxylation sites is 1. The molecular weight excluding hydrogens is 408 g/mol. The number of ether oxygens (including phenoxy) is 1. The van der Waals surface area contributed by atoms with Gasteiger partial charge in [-0.15, -0.1) is 0 Å². The Bertz CT molecular complexity index is 1180. The molecule has 0 radical (unpaired) electrons. The van der Waals surface area contributed by atoms with E-state index < -0.39 is 29.1 Å². The fourth-order valence-electron chi connectivity index (χ4n) is 3.18. The zero-order valence-electron chi connectivity index (χ0n) is 15.8. The summed E-state index contributed by atoms with van der Waals surface area (Å²) < 4.78 is 33.6. The zero-order chi connectivity index (χ0) is 21.3. The van der Waals surface area contributed by atoms with E-state index >= 15 is 0 Å². The van der Waals surface area contributed by atoms with Gasteiger partial charge in [-0.3, -0.25) is 9.59 Å². The summed E-state index contributed by atoms with van der Waals surface area (Å²) in [6.07, 6.45) is 0. The highest BCUT2D eigenvalue weighted by Crippen LogP contribution is 2.43. The monoisotopic (exact) mass is 423 g/mol. The molecule has 1 aliphatic rings. The number of carbonyl (C=O) groups is 2. The summed E-state index contributed by atoms with van der Waals surface area (Å²) in [7, 11) is 1.45. The first-order valence-corrected chi connectivity index (χ1v) is 9.77. The molecule has 1 aliphatic heterocycles. The maximum atomic E-state index is 14.4. The topological polar surface area (TPSA) is 46.6 Å². The minimum absolute atomic E-state index is 0.0787. The van der Waals surface area contributed by atoms with Gasteiger partial charge in [0.25, 0.3) is 11.8 Å². The van der Waals surface area contributed by atoms with Gasteiger partial charge < -0.3 is 4.74 Å². The summed E-state index contributed by atoms with van der Waals surface area (Å²) in [5, 5.41) is 0. The van der Waals surface area contributed by atoms with Gasteiger partial charge in [-0.2, -0.15) is 0 Å². The summed E-state index contributed by atoms with van der Waals surface area (Å²) in [4.78, 5) is 28.1. The second-order valence-electron chi connectivity index (χ2n) is 6.36. The van der Waals surface area contributed by atoms with Gasteiger partial charge in [-0.05, 0) is 30.3 Å². The number of amides is 2. The molecule has 0 N–H and O–H groups in total. The molecule has 0 atom stereocenters. The van der Waals surface area contributed by atoms with Crippen LogP contribution in [-0.4, -0.2) is 18.9 Å². The minimum atomic E-state index is -0.872. The quantitative estimate of drug-likeness (QED) is 0.539. The van der Waals surface area contributed by atoms with Crippen molar-refractivity contribution in [1.82, 2.24) is 0 Å². The van der Waals surface area contributed by atoms with Crippen LogP contribution >= 0.6 is 11.8 Å². The van der Waals surface area contributed by atoms with Crippen LogP contribution < -0.4 is 9.64 Å². The van der Waals surface area contributed by atoms with Crippen molar-refractivity contribution in [3.05, 3.63) is 94.9 Å². The Labute approximate surface area is 175 Å². The second kappa shape index (κ2) is 8.12. The molecule has 0 bridgehead atoms. The molecule has 0 aliphatic carbocycles.